The fourth-order valence-corrected chi connectivity index (χ4v) is 1.58. The van der Waals surface area contributed by atoms with Gasteiger partial charge in [0, 0.05) is 13.6 Å². The lowest BCUT2D eigenvalue weighted by atomic mass is 10.4. The monoisotopic (exact) mass is 316 g/mol. The molecule has 0 aliphatic heterocycles. The maximum atomic E-state index is 11.9. The number of carbonyl (C=O) groups excluding carboxylic acids is 2. The number of methoxy groups -OCH3 is 1. The second kappa shape index (κ2) is 7.63. The average Bonchev–Trinajstić information content (AvgIpc) is 2.49. The molecule has 0 saturated carbocycles. The van der Waals surface area contributed by atoms with E-state index in [1.807, 2.05) is 6.92 Å². The van der Waals surface area contributed by atoms with Gasteiger partial charge in [-0.25, -0.2) is 4.68 Å². The summed E-state index contributed by atoms with van der Waals surface area (Å²) in [5, 5.41) is 6.41. The van der Waals surface area contributed by atoms with Crippen molar-refractivity contribution in [2.45, 2.75) is 13.5 Å². The molecule has 0 bridgehead atoms. The molecule has 1 rings (SSSR count). The van der Waals surface area contributed by atoms with Crippen molar-refractivity contribution in [3.05, 3.63) is 21.6 Å². The zero-order chi connectivity index (χ0) is 16.0. The van der Waals surface area contributed by atoms with Gasteiger partial charge in [-0.1, -0.05) is 11.6 Å². The number of anilines is 1. The number of ether oxygens (including phenoxy) is 1. The SMILES string of the molecule is CCN(C)C(=O)CNc1cnn(CC(=O)OC)c(=O)c1Cl. The molecular formula is C12H17ClN4O4. The van der Waals surface area contributed by atoms with Gasteiger partial charge in [0.25, 0.3) is 5.56 Å². The summed E-state index contributed by atoms with van der Waals surface area (Å²) in [6.45, 7) is 2.09. The molecule has 116 valence electrons. The first-order chi connectivity index (χ1) is 9.90. The van der Waals surface area contributed by atoms with E-state index in [9.17, 15) is 14.4 Å². The van der Waals surface area contributed by atoms with Crippen molar-refractivity contribution < 1.29 is 14.3 Å². The zero-order valence-electron chi connectivity index (χ0n) is 12.1. The van der Waals surface area contributed by atoms with Crippen molar-refractivity contribution >= 4 is 29.2 Å². The van der Waals surface area contributed by atoms with Crippen LogP contribution >= 0.6 is 11.6 Å². The molecule has 0 spiro atoms. The minimum Gasteiger partial charge on any atom is -0.468 e. The minimum atomic E-state index is -0.636. The van der Waals surface area contributed by atoms with Crippen molar-refractivity contribution in [1.82, 2.24) is 14.7 Å². The molecular weight excluding hydrogens is 300 g/mol. The highest BCUT2D eigenvalue weighted by atomic mass is 35.5. The molecule has 1 amide bonds. The second-order valence-electron chi connectivity index (χ2n) is 4.17. The average molecular weight is 317 g/mol. The van der Waals surface area contributed by atoms with Gasteiger partial charge in [0.2, 0.25) is 5.91 Å². The molecule has 1 N–H and O–H groups in total. The maximum absolute atomic E-state index is 11.9. The van der Waals surface area contributed by atoms with Crippen molar-refractivity contribution in [2.75, 3.05) is 32.6 Å². The van der Waals surface area contributed by atoms with Crippen LogP contribution in [0.15, 0.2) is 11.0 Å². The van der Waals surface area contributed by atoms with Gasteiger partial charge in [0.1, 0.15) is 11.6 Å². The van der Waals surface area contributed by atoms with Crippen LogP contribution in [0, 0.1) is 0 Å². The Kier molecular flexibility index (Phi) is 6.16. The largest absolute Gasteiger partial charge is 0.468 e. The molecule has 9 heteroatoms. The number of amides is 1. The zero-order valence-corrected chi connectivity index (χ0v) is 12.8. The number of halogens is 1. The van der Waals surface area contributed by atoms with E-state index in [0.717, 1.165) is 4.68 Å². The quantitative estimate of drug-likeness (QED) is 0.740. The summed E-state index contributed by atoms with van der Waals surface area (Å²) in [5.74, 6) is -0.756. The summed E-state index contributed by atoms with van der Waals surface area (Å²) in [7, 11) is 2.87. The van der Waals surface area contributed by atoms with Crippen LogP contribution in [0.3, 0.4) is 0 Å². The lowest BCUT2D eigenvalue weighted by Gasteiger charge is -2.15. The summed E-state index contributed by atoms with van der Waals surface area (Å²) < 4.78 is 5.34. The van der Waals surface area contributed by atoms with Crippen molar-refractivity contribution in [3.63, 3.8) is 0 Å². The van der Waals surface area contributed by atoms with Crippen LogP contribution < -0.4 is 10.9 Å². The second-order valence-corrected chi connectivity index (χ2v) is 4.55. The van der Waals surface area contributed by atoms with E-state index in [4.69, 9.17) is 11.6 Å². The topological polar surface area (TPSA) is 93.5 Å². The molecule has 1 heterocycles. The Hall–Kier alpha value is -2.09. The molecule has 0 aliphatic rings. The van der Waals surface area contributed by atoms with Crippen LogP contribution in [0.25, 0.3) is 0 Å². The summed E-state index contributed by atoms with van der Waals surface area (Å²) in [6, 6.07) is 0. The Morgan fingerprint density at radius 1 is 1.52 bits per heavy atom. The Labute approximate surface area is 126 Å². The van der Waals surface area contributed by atoms with E-state index in [-0.39, 0.29) is 29.7 Å². The number of rotatable bonds is 6. The van der Waals surface area contributed by atoms with E-state index in [1.165, 1.54) is 18.2 Å². The fourth-order valence-electron chi connectivity index (χ4n) is 1.37. The maximum Gasteiger partial charge on any atom is 0.327 e. The van der Waals surface area contributed by atoms with Crippen molar-refractivity contribution in [3.8, 4) is 0 Å². The normalized spacial score (nSPS) is 10.1. The predicted molar refractivity (Wildman–Crippen MR) is 77.3 cm³/mol. The third-order valence-electron chi connectivity index (χ3n) is 2.82. The lowest BCUT2D eigenvalue weighted by molar-refractivity contribution is -0.141. The van der Waals surface area contributed by atoms with E-state index >= 15 is 0 Å². The van der Waals surface area contributed by atoms with Crippen LogP contribution in [0.2, 0.25) is 5.02 Å². The van der Waals surface area contributed by atoms with Crippen LogP contribution in [0.4, 0.5) is 5.69 Å². The molecule has 1 aromatic rings. The summed E-state index contributed by atoms with van der Waals surface area (Å²) in [6.07, 6.45) is 1.28. The van der Waals surface area contributed by atoms with Crippen LogP contribution in [-0.4, -0.2) is 53.8 Å². The first-order valence-corrected chi connectivity index (χ1v) is 6.58. The molecule has 21 heavy (non-hydrogen) atoms. The third kappa shape index (κ3) is 4.45. The Bertz CT molecular complexity index is 587. The molecule has 0 atom stereocenters. The number of likely N-dealkylation sites (N-methyl/N-ethyl adjacent to an activating group) is 1. The predicted octanol–water partition coefficient (Wildman–Crippen LogP) is -0.0401. The Morgan fingerprint density at radius 3 is 2.76 bits per heavy atom. The van der Waals surface area contributed by atoms with Crippen LogP contribution in [0.1, 0.15) is 6.92 Å². The number of hydrogen-bond donors (Lipinski definition) is 1. The standard InChI is InChI=1S/C12H17ClN4O4/c1-4-16(2)9(18)6-14-8-5-15-17(7-10(19)21-3)12(20)11(8)13/h5,14H,4,6-7H2,1-3H3. The molecule has 0 fully saturated rings. The summed E-state index contributed by atoms with van der Waals surface area (Å²) >= 11 is 5.91. The first kappa shape index (κ1) is 17.0. The van der Waals surface area contributed by atoms with E-state index in [0.29, 0.717) is 6.54 Å². The van der Waals surface area contributed by atoms with Gasteiger partial charge in [-0.3, -0.25) is 14.4 Å². The summed E-state index contributed by atoms with van der Waals surface area (Å²) in [5.41, 5.74) is -0.399. The first-order valence-electron chi connectivity index (χ1n) is 6.21. The van der Waals surface area contributed by atoms with Gasteiger partial charge >= 0.3 is 5.97 Å². The van der Waals surface area contributed by atoms with Crippen LogP contribution in [-0.2, 0) is 20.9 Å². The van der Waals surface area contributed by atoms with Gasteiger partial charge in [-0.15, -0.1) is 0 Å². The number of aromatic nitrogens is 2. The van der Waals surface area contributed by atoms with E-state index in [1.54, 1.807) is 7.05 Å². The molecule has 0 aromatic carbocycles. The highest BCUT2D eigenvalue weighted by molar-refractivity contribution is 6.33. The van der Waals surface area contributed by atoms with E-state index < -0.39 is 11.5 Å². The molecule has 0 unspecified atom stereocenters. The van der Waals surface area contributed by atoms with Gasteiger partial charge in [0.15, 0.2) is 0 Å². The number of nitrogens with one attached hydrogen (secondary N) is 1. The van der Waals surface area contributed by atoms with Crippen molar-refractivity contribution in [1.29, 1.82) is 0 Å². The minimum absolute atomic E-state index is 0.00774. The van der Waals surface area contributed by atoms with E-state index in [2.05, 4.69) is 15.2 Å². The smallest absolute Gasteiger partial charge is 0.327 e. The Balaban J connectivity index is 2.83. The lowest BCUT2D eigenvalue weighted by Crippen LogP contribution is -2.33. The number of nitrogens with zero attached hydrogens (tertiary/aromatic N) is 3. The third-order valence-corrected chi connectivity index (χ3v) is 3.19. The highest BCUT2D eigenvalue weighted by Crippen LogP contribution is 2.14. The van der Waals surface area contributed by atoms with Gasteiger partial charge in [0.05, 0.1) is 25.5 Å². The number of esters is 1. The fraction of sp³-hybridized carbons (Fsp3) is 0.500. The molecule has 1 aromatic heterocycles. The summed E-state index contributed by atoms with van der Waals surface area (Å²) in [4.78, 5) is 36.2. The van der Waals surface area contributed by atoms with Gasteiger partial charge in [-0.2, -0.15) is 5.10 Å². The van der Waals surface area contributed by atoms with Crippen molar-refractivity contribution in [2.24, 2.45) is 0 Å². The number of carbonyl (C=O) groups is 2. The molecule has 0 radical (unpaired) electrons. The molecule has 8 nitrogen and oxygen atoms in total. The molecule has 0 saturated heterocycles. The Morgan fingerprint density at radius 2 is 2.19 bits per heavy atom. The molecule has 0 aliphatic carbocycles. The van der Waals surface area contributed by atoms with Crippen LogP contribution in [0.5, 0.6) is 0 Å². The highest BCUT2D eigenvalue weighted by Gasteiger charge is 2.13. The number of hydrogen-bond acceptors (Lipinski definition) is 6. The van der Waals surface area contributed by atoms with Gasteiger partial charge in [-0.05, 0) is 6.92 Å². The van der Waals surface area contributed by atoms with Gasteiger partial charge < -0.3 is 15.0 Å².